The minimum Gasteiger partial charge on any atom is -0.463 e. The molecule has 11 nitrogen and oxygen atoms in total. The lowest BCUT2D eigenvalue weighted by Gasteiger charge is -2.42. The van der Waals surface area contributed by atoms with Crippen LogP contribution in [-0.2, 0) is 42.7 Å². The molecule has 0 spiro atoms. The predicted molar refractivity (Wildman–Crippen MR) is 187 cm³/mol. The van der Waals surface area contributed by atoms with Crippen LogP contribution in [0.2, 0.25) is 0 Å². The van der Waals surface area contributed by atoms with Crippen LogP contribution in [0.25, 0.3) is 0 Å². The second-order valence-electron chi connectivity index (χ2n) is 16.1. The van der Waals surface area contributed by atoms with Crippen LogP contribution in [0.5, 0.6) is 0 Å². The average Bonchev–Trinajstić information content (AvgIpc) is 3.65. The number of hydrogen-bond acceptors (Lipinski definition) is 11. The van der Waals surface area contributed by atoms with Crippen LogP contribution in [0.15, 0.2) is 23.8 Å². The van der Waals surface area contributed by atoms with Gasteiger partial charge in [0.2, 0.25) is 0 Å². The van der Waals surface area contributed by atoms with E-state index in [4.69, 9.17) is 33.2 Å². The Morgan fingerprint density at radius 3 is 2.34 bits per heavy atom. The minimum atomic E-state index is -0.989. The van der Waals surface area contributed by atoms with Crippen LogP contribution in [-0.4, -0.2) is 118 Å². The zero-order valence-corrected chi connectivity index (χ0v) is 31.3. The number of esters is 1. The molecule has 0 amide bonds. The van der Waals surface area contributed by atoms with Gasteiger partial charge in [-0.3, -0.25) is 9.59 Å². The Hall–Kier alpha value is -1.70. The molecule has 0 bridgehead atoms. The summed E-state index contributed by atoms with van der Waals surface area (Å²) in [5, 5.41) is 11.1. The topological polar surface area (TPSA) is 122 Å². The number of carbonyl (C=O) groups excluding carboxylic acids is 2. The van der Waals surface area contributed by atoms with Gasteiger partial charge in [0, 0.05) is 33.5 Å². The molecule has 3 aliphatic heterocycles. The van der Waals surface area contributed by atoms with Crippen LogP contribution in [0.4, 0.5) is 0 Å². The zero-order chi connectivity index (χ0) is 35.9. The molecule has 0 aromatic rings. The number of cyclic esters (lactones) is 1. The van der Waals surface area contributed by atoms with E-state index < -0.39 is 24.6 Å². The zero-order valence-electron chi connectivity index (χ0n) is 31.3. The third-order valence-corrected chi connectivity index (χ3v) is 12.7. The number of fused-ring (bicyclic) bond motifs is 5. The van der Waals surface area contributed by atoms with E-state index in [1.807, 2.05) is 20.8 Å². The van der Waals surface area contributed by atoms with Crippen molar-refractivity contribution in [3.05, 3.63) is 23.8 Å². The summed E-state index contributed by atoms with van der Waals surface area (Å²) in [4.78, 5) is 30.0. The monoisotopic (exact) mass is 705 g/mol. The third kappa shape index (κ3) is 7.81. The molecular formula is C39H63NO10. The molecule has 0 aromatic heterocycles. The summed E-state index contributed by atoms with van der Waals surface area (Å²) < 4.78 is 42.6. The summed E-state index contributed by atoms with van der Waals surface area (Å²) in [5.41, 5.74) is 0.736. The predicted octanol–water partition coefficient (Wildman–Crippen LogP) is 4.69. The molecule has 6 aliphatic rings. The number of ether oxygens (including phenoxy) is 7. The number of allylic oxidation sites excluding steroid dienone is 4. The van der Waals surface area contributed by atoms with Crippen molar-refractivity contribution in [1.82, 2.24) is 4.90 Å². The lowest BCUT2D eigenvalue weighted by atomic mass is 9.70. The fourth-order valence-electron chi connectivity index (χ4n) is 9.98. The fraction of sp³-hybridized carbons (Fsp3) is 0.846. The number of aliphatic hydroxyl groups excluding tert-OH is 1. The van der Waals surface area contributed by atoms with E-state index in [2.05, 4.69) is 44.1 Å². The number of nitrogens with zero attached hydrogens (tertiary/aromatic N) is 1. The summed E-state index contributed by atoms with van der Waals surface area (Å²) in [7, 11) is 7.31. The first kappa shape index (κ1) is 38.0. The van der Waals surface area contributed by atoms with Gasteiger partial charge in [-0.1, -0.05) is 25.2 Å². The molecule has 50 heavy (non-hydrogen) atoms. The van der Waals surface area contributed by atoms with E-state index in [-0.39, 0.29) is 91.9 Å². The second kappa shape index (κ2) is 16.1. The van der Waals surface area contributed by atoms with E-state index in [1.165, 1.54) is 0 Å². The minimum absolute atomic E-state index is 0. The Morgan fingerprint density at radius 1 is 0.880 bits per heavy atom. The number of methoxy groups -OCH3 is 2. The van der Waals surface area contributed by atoms with Crippen molar-refractivity contribution in [2.75, 3.05) is 28.3 Å². The Bertz CT molecular complexity index is 1260. The van der Waals surface area contributed by atoms with Crippen molar-refractivity contribution in [1.29, 1.82) is 0 Å². The first-order valence-electron chi connectivity index (χ1n) is 19.1. The quantitative estimate of drug-likeness (QED) is 0.293. The van der Waals surface area contributed by atoms with E-state index in [1.54, 1.807) is 14.2 Å². The van der Waals surface area contributed by atoms with Gasteiger partial charge in [-0.15, -0.1) is 0 Å². The lowest BCUT2D eigenvalue weighted by Crippen LogP contribution is -2.59. The van der Waals surface area contributed by atoms with Gasteiger partial charge in [-0.2, -0.15) is 0 Å². The van der Waals surface area contributed by atoms with E-state index in [0.717, 1.165) is 44.1 Å². The molecule has 1 saturated carbocycles. The summed E-state index contributed by atoms with van der Waals surface area (Å²) >= 11 is 0. The molecule has 3 saturated heterocycles. The molecule has 4 fully saturated rings. The molecule has 284 valence electrons. The first-order valence-corrected chi connectivity index (χ1v) is 19.1. The molecule has 17 atom stereocenters. The molecule has 6 rings (SSSR count). The first-order chi connectivity index (χ1) is 23.9. The van der Waals surface area contributed by atoms with Crippen molar-refractivity contribution in [2.45, 2.75) is 147 Å². The Labute approximate surface area is 299 Å². The van der Waals surface area contributed by atoms with Gasteiger partial charge in [0.15, 0.2) is 18.4 Å². The van der Waals surface area contributed by atoms with E-state index in [9.17, 15) is 14.7 Å². The highest BCUT2D eigenvalue weighted by molar-refractivity contribution is 5.99. The number of aliphatic hydroxyl groups is 1. The van der Waals surface area contributed by atoms with Crippen LogP contribution >= 0.6 is 0 Å². The smallest absolute Gasteiger partial charge is 0.306 e. The molecule has 1 N–H and O–H groups in total. The van der Waals surface area contributed by atoms with Crippen molar-refractivity contribution < 1.29 is 49.3 Å². The highest BCUT2D eigenvalue weighted by atomic mass is 16.7. The number of Topliss-reactive ketones (excluding diaryl/α,β-unsaturated/α-hetero) is 1. The van der Waals surface area contributed by atoms with Crippen LogP contribution in [0, 0.1) is 35.5 Å². The van der Waals surface area contributed by atoms with Crippen molar-refractivity contribution >= 4 is 11.8 Å². The molecule has 11 heteroatoms. The largest absolute Gasteiger partial charge is 0.463 e. The van der Waals surface area contributed by atoms with Gasteiger partial charge in [-0.25, -0.2) is 0 Å². The summed E-state index contributed by atoms with van der Waals surface area (Å²) in [6.07, 6.45) is 8.30. The van der Waals surface area contributed by atoms with Crippen molar-refractivity contribution in [2.24, 2.45) is 35.5 Å². The molecule has 0 aromatic carbocycles. The van der Waals surface area contributed by atoms with Gasteiger partial charge < -0.3 is 43.2 Å². The van der Waals surface area contributed by atoms with E-state index >= 15 is 0 Å². The van der Waals surface area contributed by atoms with Gasteiger partial charge in [0.1, 0.15) is 18.3 Å². The average molecular weight is 706 g/mol. The van der Waals surface area contributed by atoms with Crippen molar-refractivity contribution in [3.8, 4) is 0 Å². The molecule has 0 radical (unpaired) electrons. The van der Waals surface area contributed by atoms with Gasteiger partial charge in [-0.05, 0) is 109 Å². The van der Waals surface area contributed by atoms with Crippen LogP contribution in [0.1, 0.15) is 80.5 Å². The standard InChI is InChI=1S/C39H61NO10.H2/c1-20-10-9-11-32(50-34-15-14-31(40(5)6)22(3)47-34)21(2)35(42)30-18-28-26(29(30)19-33(41)46-20)13-12-24-16-25(17-27(24)28)49-39-36(43)38(45-8)37(44-7)23(4)48-39;/h12-13,18,20-29,31-32,34,36-39,43H,9-11,14-17,19H2,1-8H3;1H/t20-,21+,22+,23-,24+,25+,26+,27+,28+,29-,31-,32-,34-,36+,37-,38-,39-;/m0./s1. The van der Waals surface area contributed by atoms with Crippen LogP contribution in [0.3, 0.4) is 0 Å². The lowest BCUT2D eigenvalue weighted by molar-refractivity contribution is -0.310. The summed E-state index contributed by atoms with van der Waals surface area (Å²) in [5.74, 6) is -0.203. The van der Waals surface area contributed by atoms with Gasteiger partial charge in [0.05, 0.1) is 36.9 Å². The fourth-order valence-corrected chi connectivity index (χ4v) is 9.98. The Balaban J connectivity index is 0.00000504. The highest BCUT2D eigenvalue weighted by Gasteiger charge is 2.52. The Kier molecular flexibility index (Phi) is 12.3. The number of carbonyl (C=O) groups is 2. The number of hydrogen-bond donors (Lipinski definition) is 1. The van der Waals surface area contributed by atoms with Crippen molar-refractivity contribution in [3.63, 3.8) is 0 Å². The summed E-state index contributed by atoms with van der Waals surface area (Å²) in [6.45, 7) is 7.94. The third-order valence-electron chi connectivity index (χ3n) is 12.7. The molecule has 3 heterocycles. The number of likely N-dealkylation sites (N-methyl/N-ethyl adjacent to an activating group) is 1. The normalized spacial score (nSPS) is 47.1. The second-order valence-corrected chi connectivity index (χ2v) is 16.1. The molecule has 3 aliphatic carbocycles. The molecular weight excluding hydrogens is 642 g/mol. The van der Waals surface area contributed by atoms with Gasteiger partial charge >= 0.3 is 5.97 Å². The maximum absolute atomic E-state index is 14.5. The highest BCUT2D eigenvalue weighted by Crippen LogP contribution is 2.54. The molecule has 0 unspecified atom stereocenters. The summed E-state index contributed by atoms with van der Waals surface area (Å²) in [6, 6.07) is 0.333. The SMILES string of the molecule is CO[C@@H]1[C@@H](OC)[C@@H](O)[C@H](O[C@H]2C[C@H]3[C@@H]4C=C5C(=O)[C@H](C)[C@@H](O[C@H]6CC[C@H](N(C)C)[C@@H](C)O6)CCC[C@H](C)OC(=O)C[C@H]5[C@@H]4C=C[C@@H]3C2)O[C@H]1C.[HH]. The van der Waals surface area contributed by atoms with E-state index in [0.29, 0.717) is 12.5 Å². The maximum atomic E-state index is 14.5. The van der Waals surface area contributed by atoms with Gasteiger partial charge in [0.25, 0.3) is 0 Å². The Morgan fingerprint density at radius 2 is 1.64 bits per heavy atom. The number of rotatable bonds is 7. The number of ketones is 1. The van der Waals surface area contributed by atoms with Crippen LogP contribution < -0.4 is 0 Å². The maximum Gasteiger partial charge on any atom is 0.306 e.